The summed E-state index contributed by atoms with van der Waals surface area (Å²) in [6.45, 7) is 8.12. The highest BCUT2D eigenvalue weighted by Crippen LogP contribution is 2.20. The number of hydrogen-bond donors (Lipinski definition) is 2. The van der Waals surface area contributed by atoms with Gasteiger partial charge in [-0.1, -0.05) is 30.3 Å². The van der Waals surface area contributed by atoms with E-state index >= 15 is 0 Å². The van der Waals surface area contributed by atoms with Crippen LogP contribution in [-0.2, 0) is 4.74 Å². The summed E-state index contributed by atoms with van der Waals surface area (Å²) < 4.78 is 5.34. The number of aliphatic hydroxyl groups excluding tert-OH is 1. The molecule has 1 fully saturated rings. The first kappa shape index (κ1) is 17.8. The molecule has 2 N–H and O–H groups in total. The number of alkyl carbamates (subject to hydrolysis) is 1. The van der Waals surface area contributed by atoms with E-state index in [4.69, 9.17) is 4.74 Å². The van der Waals surface area contributed by atoms with Gasteiger partial charge in [0.15, 0.2) is 0 Å². The van der Waals surface area contributed by atoms with E-state index in [-0.39, 0.29) is 0 Å². The summed E-state index contributed by atoms with van der Waals surface area (Å²) in [5.74, 6) is 0. The fraction of sp³-hybridized carbons (Fsp3) is 0.611. The molecule has 1 aromatic rings. The van der Waals surface area contributed by atoms with Crippen LogP contribution in [0.15, 0.2) is 30.3 Å². The average molecular weight is 320 g/mol. The minimum absolute atomic E-state index is 0.398. The Labute approximate surface area is 138 Å². The molecule has 1 amide bonds. The van der Waals surface area contributed by atoms with Crippen LogP contribution in [0.4, 0.5) is 4.79 Å². The molecule has 2 atom stereocenters. The second-order valence-electron chi connectivity index (χ2n) is 7.12. The SMILES string of the molecule is CC(C)(C)OC(=O)N[C@H](CN1CCCC1)[C@H](O)c1ccccc1. The number of nitrogens with one attached hydrogen (secondary N) is 1. The maximum atomic E-state index is 12.1. The van der Waals surface area contributed by atoms with E-state index in [0.717, 1.165) is 18.7 Å². The molecule has 23 heavy (non-hydrogen) atoms. The van der Waals surface area contributed by atoms with Crippen LogP contribution in [0.1, 0.15) is 45.3 Å². The summed E-state index contributed by atoms with van der Waals surface area (Å²) >= 11 is 0. The molecule has 0 spiro atoms. The molecule has 5 heteroatoms. The van der Waals surface area contributed by atoms with E-state index in [0.29, 0.717) is 6.54 Å². The zero-order valence-corrected chi connectivity index (χ0v) is 14.3. The normalized spacial score (nSPS) is 18.4. The van der Waals surface area contributed by atoms with Crippen LogP contribution in [0.25, 0.3) is 0 Å². The first-order valence-electron chi connectivity index (χ1n) is 8.30. The molecule has 0 radical (unpaired) electrons. The van der Waals surface area contributed by atoms with E-state index in [1.165, 1.54) is 12.8 Å². The Morgan fingerprint density at radius 2 is 1.87 bits per heavy atom. The number of likely N-dealkylation sites (tertiary alicyclic amines) is 1. The van der Waals surface area contributed by atoms with Gasteiger partial charge in [-0.15, -0.1) is 0 Å². The second kappa shape index (κ2) is 7.79. The van der Waals surface area contributed by atoms with Crippen molar-refractivity contribution in [2.75, 3.05) is 19.6 Å². The third kappa shape index (κ3) is 5.84. The molecule has 5 nitrogen and oxygen atoms in total. The van der Waals surface area contributed by atoms with Gasteiger partial charge in [0.05, 0.1) is 6.04 Å². The average Bonchev–Trinajstić information content (AvgIpc) is 2.98. The predicted octanol–water partition coefficient (Wildman–Crippen LogP) is 2.71. The van der Waals surface area contributed by atoms with Crippen molar-refractivity contribution in [2.24, 2.45) is 0 Å². The van der Waals surface area contributed by atoms with E-state index < -0.39 is 23.8 Å². The van der Waals surface area contributed by atoms with Crippen LogP contribution >= 0.6 is 0 Å². The van der Waals surface area contributed by atoms with Crippen molar-refractivity contribution in [1.82, 2.24) is 10.2 Å². The van der Waals surface area contributed by atoms with Crippen molar-refractivity contribution in [3.05, 3.63) is 35.9 Å². The van der Waals surface area contributed by atoms with Gasteiger partial charge in [-0.2, -0.15) is 0 Å². The molecular formula is C18H28N2O3. The Hall–Kier alpha value is -1.59. The van der Waals surface area contributed by atoms with E-state index in [1.54, 1.807) is 0 Å². The molecule has 0 saturated carbocycles. The highest BCUT2D eigenvalue weighted by Gasteiger charge is 2.28. The zero-order valence-electron chi connectivity index (χ0n) is 14.3. The third-order valence-corrected chi connectivity index (χ3v) is 3.88. The number of amides is 1. The summed E-state index contributed by atoms with van der Waals surface area (Å²) in [7, 11) is 0. The van der Waals surface area contributed by atoms with Gasteiger partial charge in [0.25, 0.3) is 0 Å². The van der Waals surface area contributed by atoms with Crippen molar-refractivity contribution in [1.29, 1.82) is 0 Å². The summed E-state index contributed by atoms with van der Waals surface area (Å²) in [5, 5.41) is 13.5. The topological polar surface area (TPSA) is 61.8 Å². The summed E-state index contributed by atoms with van der Waals surface area (Å²) in [6, 6.07) is 9.03. The van der Waals surface area contributed by atoms with Crippen molar-refractivity contribution in [3.63, 3.8) is 0 Å². The van der Waals surface area contributed by atoms with Gasteiger partial charge in [-0.25, -0.2) is 4.79 Å². The lowest BCUT2D eigenvalue weighted by Crippen LogP contribution is -2.48. The number of hydrogen-bond acceptors (Lipinski definition) is 4. The lowest BCUT2D eigenvalue weighted by molar-refractivity contribution is 0.0388. The molecule has 0 aliphatic carbocycles. The third-order valence-electron chi connectivity index (χ3n) is 3.88. The molecule has 1 saturated heterocycles. The van der Waals surface area contributed by atoms with Gasteiger partial charge >= 0.3 is 6.09 Å². The van der Waals surface area contributed by atoms with Crippen LogP contribution in [-0.4, -0.2) is 47.4 Å². The van der Waals surface area contributed by atoms with Crippen molar-refractivity contribution in [2.45, 2.75) is 51.4 Å². The highest BCUT2D eigenvalue weighted by atomic mass is 16.6. The molecule has 1 aliphatic rings. The molecule has 2 rings (SSSR count). The number of ether oxygens (including phenoxy) is 1. The number of benzene rings is 1. The van der Waals surface area contributed by atoms with Crippen molar-refractivity contribution >= 4 is 6.09 Å². The molecule has 0 aromatic heterocycles. The quantitative estimate of drug-likeness (QED) is 0.876. The standard InChI is InChI=1S/C18H28N2O3/c1-18(2,3)23-17(22)19-15(13-20-11-7-8-12-20)16(21)14-9-5-4-6-10-14/h4-6,9-10,15-16,21H,7-8,11-13H2,1-3H3,(H,19,22)/t15-,16-/m1/s1. The van der Waals surface area contributed by atoms with Crippen molar-refractivity contribution in [3.8, 4) is 0 Å². The molecule has 1 aliphatic heterocycles. The Bertz CT molecular complexity index is 493. The fourth-order valence-electron chi connectivity index (χ4n) is 2.81. The van der Waals surface area contributed by atoms with Crippen LogP contribution < -0.4 is 5.32 Å². The Balaban J connectivity index is 2.06. The second-order valence-corrected chi connectivity index (χ2v) is 7.12. The van der Waals surface area contributed by atoms with Crippen LogP contribution in [0.5, 0.6) is 0 Å². The predicted molar refractivity (Wildman–Crippen MR) is 90.2 cm³/mol. The Morgan fingerprint density at radius 3 is 2.43 bits per heavy atom. The fourth-order valence-corrected chi connectivity index (χ4v) is 2.81. The number of carbonyl (C=O) groups is 1. The minimum atomic E-state index is -0.760. The monoisotopic (exact) mass is 320 g/mol. The Morgan fingerprint density at radius 1 is 1.26 bits per heavy atom. The molecule has 0 bridgehead atoms. The zero-order chi connectivity index (χ0) is 16.9. The van der Waals surface area contributed by atoms with Crippen molar-refractivity contribution < 1.29 is 14.6 Å². The van der Waals surface area contributed by atoms with Gasteiger partial charge in [0, 0.05) is 6.54 Å². The minimum Gasteiger partial charge on any atom is -0.444 e. The maximum absolute atomic E-state index is 12.1. The van der Waals surface area contributed by atoms with Crippen LogP contribution in [0.3, 0.4) is 0 Å². The molecular weight excluding hydrogens is 292 g/mol. The van der Waals surface area contributed by atoms with Gasteiger partial charge < -0.3 is 20.1 Å². The van der Waals surface area contributed by atoms with Gasteiger partial charge in [-0.05, 0) is 52.3 Å². The van der Waals surface area contributed by atoms with Crippen LogP contribution in [0.2, 0.25) is 0 Å². The molecule has 128 valence electrons. The summed E-state index contributed by atoms with van der Waals surface area (Å²) in [4.78, 5) is 14.4. The summed E-state index contributed by atoms with van der Waals surface area (Å²) in [5.41, 5.74) is 0.243. The highest BCUT2D eigenvalue weighted by molar-refractivity contribution is 5.68. The number of carbonyl (C=O) groups excluding carboxylic acids is 1. The van der Waals surface area contributed by atoms with Crippen LogP contribution in [0, 0.1) is 0 Å². The first-order valence-corrected chi connectivity index (χ1v) is 8.30. The molecule has 0 unspecified atom stereocenters. The van der Waals surface area contributed by atoms with E-state index in [1.807, 2.05) is 51.1 Å². The molecule has 1 heterocycles. The Kier molecular flexibility index (Phi) is 6.02. The number of nitrogens with zero attached hydrogens (tertiary/aromatic N) is 1. The number of rotatable bonds is 5. The van der Waals surface area contributed by atoms with Gasteiger partial charge in [0.1, 0.15) is 11.7 Å². The first-order chi connectivity index (χ1) is 10.8. The van der Waals surface area contributed by atoms with Gasteiger partial charge in [0.2, 0.25) is 0 Å². The smallest absolute Gasteiger partial charge is 0.408 e. The lowest BCUT2D eigenvalue weighted by Gasteiger charge is -2.30. The number of aliphatic hydroxyl groups is 1. The largest absolute Gasteiger partial charge is 0.444 e. The van der Waals surface area contributed by atoms with E-state index in [2.05, 4.69) is 10.2 Å². The summed E-state index contributed by atoms with van der Waals surface area (Å²) in [6.07, 6.45) is 1.09. The van der Waals surface area contributed by atoms with Gasteiger partial charge in [-0.3, -0.25) is 0 Å². The lowest BCUT2D eigenvalue weighted by atomic mass is 10.0. The van der Waals surface area contributed by atoms with E-state index in [9.17, 15) is 9.90 Å². The maximum Gasteiger partial charge on any atom is 0.408 e. The molecule has 1 aromatic carbocycles.